The monoisotopic (exact) mass is 397 g/mol. The molecule has 1 aliphatic rings. The molecule has 2 aromatic heterocycles. The molecule has 1 atom stereocenters. The molecule has 8 nitrogen and oxygen atoms in total. The summed E-state index contributed by atoms with van der Waals surface area (Å²) in [7, 11) is 3.22. The van der Waals surface area contributed by atoms with Crippen molar-refractivity contribution in [3.8, 4) is 0 Å². The molecular weight excluding hydrogens is 370 g/mol. The summed E-state index contributed by atoms with van der Waals surface area (Å²) in [5, 5.41) is 0. The van der Waals surface area contributed by atoms with Crippen LogP contribution in [0.3, 0.4) is 0 Å². The topological polar surface area (TPSA) is 74.3 Å². The molecule has 0 bridgehead atoms. The van der Waals surface area contributed by atoms with Crippen molar-refractivity contribution in [2.24, 2.45) is 13.0 Å². The molecule has 3 heterocycles. The number of hydrogen-bond donors (Lipinski definition) is 0. The van der Waals surface area contributed by atoms with Crippen molar-refractivity contribution in [1.82, 2.24) is 18.7 Å². The van der Waals surface area contributed by atoms with E-state index in [1.165, 1.54) is 14.7 Å². The molecule has 0 fully saturated rings. The maximum atomic E-state index is 13.2. The zero-order chi connectivity index (χ0) is 20.7. The number of aromatic nitrogens is 4. The highest BCUT2D eigenvalue weighted by Gasteiger charge is 2.29. The number of methoxy groups -OCH3 is 1. The summed E-state index contributed by atoms with van der Waals surface area (Å²) in [5.74, 6) is 1.04. The van der Waals surface area contributed by atoms with Crippen LogP contribution in [-0.2, 0) is 31.3 Å². The second-order valence-electron chi connectivity index (χ2n) is 7.72. The molecule has 1 unspecified atom stereocenters. The summed E-state index contributed by atoms with van der Waals surface area (Å²) in [5.41, 5.74) is 2.52. The molecule has 0 spiro atoms. The van der Waals surface area contributed by atoms with Crippen molar-refractivity contribution in [3.05, 3.63) is 50.7 Å². The standard InChI is InChI=1S/C21H27N5O3/c1-5-15-6-8-16(9-7-15)25-12-14(2)13-26-17-18(22-20(25)26)23(3)21(28)24(19(17)27)10-11-29-4/h6-9,14H,5,10-13H2,1-4H3. The molecule has 0 amide bonds. The Labute approximate surface area is 169 Å². The van der Waals surface area contributed by atoms with Crippen molar-refractivity contribution in [2.75, 3.05) is 25.2 Å². The highest BCUT2D eigenvalue weighted by atomic mass is 16.5. The predicted molar refractivity (Wildman–Crippen MR) is 113 cm³/mol. The van der Waals surface area contributed by atoms with Gasteiger partial charge in [0.15, 0.2) is 11.2 Å². The first kappa shape index (κ1) is 19.4. The molecule has 0 saturated heterocycles. The van der Waals surface area contributed by atoms with Crippen LogP contribution in [0.25, 0.3) is 11.2 Å². The SMILES string of the molecule is CCc1ccc(N2CC(C)Cn3c2nc2c3c(=O)n(CCOC)c(=O)n2C)cc1. The average molecular weight is 397 g/mol. The van der Waals surface area contributed by atoms with Crippen LogP contribution >= 0.6 is 0 Å². The quantitative estimate of drug-likeness (QED) is 0.657. The normalized spacial score (nSPS) is 16.4. The van der Waals surface area contributed by atoms with E-state index in [1.807, 2.05) is 4.57 Å². The smallest absolute Gasteiger partial charge is 0.332 e. The molecule has 29 heavy (non-hydrogen) atoms. The van der Waals surface area contributed by atoms with E-state index < -0.39 is 0 Å². The molecule has 8 heteroatoms. The van der Waals surface area contributed by atoms with Crippen LogP contribution in [0.15, 0.2) is 33.9 Å². The van der Waals surface area contributed by atoms with Gasteiger partial charge in [0.25, 0.3) is 5.56 Å². The number of aryl methyl sites for hydroxylation is 2. The van der Waals surface area contributed by atoms with Gasteiger partial charge in [-0.3, -0.25) is 13.9 Å². The van der Waals surface area contributed by atoms with Gasteiger partial charge in [-0.2, -0.15) is 4.98 Å². The van der Waals surface area contributed by atoms with Gasteiger partial charge in [-0.05, 0) is 30.0 Å². The second kappa shape index (κ2) is 7.51. The van der Waals surface area contributed by atoms with Gasteiger partial charge in [0.1, 0.15) is 0 Å². The molecule has 3 aromatic rings. The van der Waals surface area contributed by atoms with Crippen LogP contribution < -0.4 is 16.1 Å². The molecule has 0 N–H and O–H groups in total. The molecule has 4 rings (SSSR count). The van der Waals surface area contributed by atoms with E-state index in [9.17, 15) is 9.59 Å². The molecule has 0 radical (unpaired) electrons. The zero-order valence-electron chi connectivity index (χ0n) is 17.4. The number of nitrogens with zero attached hydrogens (tertiary/aromatic N) is 5. The zero-order valence-corrected chi connectivity index (χ0v) is 17.4. The minimum absolute atomic E-state index is 0.218. The molecule has 1 aromatic carbocycles. The van der Waals surface area contributed by atoms with E-state index in [1.54, 1.807) is 14.2 Å². The van der Waals surface area contributed by atoms with Gasteiger partial charge in [-0.1, -0.05) is 26.0 Å². The Morgan fingerprint density at radius 1 is 1.17 bits per heavy atom. The maximum absolute atomic E-state index is 13.2. The lowest BCUT2D eigenvalue weighted by atomic mass is 10.1. The van der Waals surface area contributed by atoms with E-state index in [2.05, 4.69) is 43.0 Å². The fraction of sp³-hybridized carbons (Fsp3) is 0.476. The Kier molecular flexibility index (Phi) is 5.04. The van der Waals surface area contributed by atoms with Gasteiger partial charge in [0.2, 0.25) is 5.95 Å². The van der Waals surface area contributed by atoms with Gasteiger partial charge in [-0.15, -0.1) is 0 Å². The van der Waals surface area contributed by atoms with E-state index >= 15 is 0 Å². The van der Waals surface area contributed by atoms with E-state index in [4.69, 9.17) is 9.72 Å². The van der Waals surface area contributed by atoms with E-state index in [0.717, 1.165) is 18.7 Å². The first-order valence-electron chi connectivity index (χ1n) is 10.0. The number of hydrogen-bond acceptors (Lipinski definition) is 5. The Morgan fingerprint density at radius 2 is 1.90 bits per heavy atom. The van der Waals surface area contributed by atoms with Crippen LogP contribution in [-0.4, -0.2) is 38.9 Å². The number of benzene rings is 1. The van der Waals surface area contributed by atoms with Gasteiger partial charge >= 0.3 is 5.69 Å². The van der Waals surface area contributed by atoms with Crippen LogP contribution in [0.5, 0.6) is 0 Å². The molecular formula is C21H27N5O3. The minimum Gasteiger partial charge on any atom is -0.383 e. The van der Waals surface area contributed by atoms with Crippen molar-refractivity contribution < 1.29 is 4.74 Å². The third-order valence-electron chi connectivity index (χ3n) is 5.62. The van der Waals surface area contributed by atoms with Crippen LogP contribution in [0, 0.1) is 5.92 Å². The summed E-state index contributed by atoms with van der Waals surface area (Å²) in [6.45, 7) is 6.30. The number of imidazole rings is 1. The summed E-state index contributed by atoms with van der Waals surface area (Å²) >= 11 is 0. The molecule has 0 aliphatic carbocycles. The largest absolute Gasteiger partial charge is 0.383 e. The third kappa shape index (κ3) is 3.17. The summed E-state index contributed by atoms with van der Waals surface area (Å²) < 4.78 is 9.73. The van der Waals surface area contributed by atoms with Crippen LogP contribution in [0.4, 0.5) is 11.6 Å². The van der Waals surface area contributed by atoms with E-state index in [-0.39, 0.29) is 17.8 Å². The highest BCUT2D eigenvalue weighted by molar-refractivity contribution is 5.77. The number of rotatable bonds is 5. The van der Waals surface area contributed by atoms with Gasteiger partial charge < -0.3 is 14.2 Å². The van der Waals surface area contributed by atoms with E-state index in [0.29, 0.717) is 36.2 Å². The molecule has 1 aliphatic heterocycles. The number of anilines is 2. The molecule has 154 valence electrons. The Hall–Kier alpha value is -2.87. The lowest BCUT2D eigenvalue weighted by molar-refractivity contribution is 0.184. The first-order chi connectivity index (χ1) is 14.0. The summed E-state index contributed by atoms with van der Waals surface area (Å²) in [4.78, 5) is 32.8. The van der Waals surface area contributed by atoms with Crippen molar-refractivity contribution in [3.63, 3.8) is 0 Å². The summed E-state index contributed by atoms with van der Waals surface area (Å²) in [6, 6.07) is 8.43. The third-order valence-corrected chi connectivity index (χ3v) is 5.62. The molecule has 0 saturated carbocycles. The average Bonchev–Trinajstić information content (AvgIpc) is 3.11. The highest BCUT2D eigenvalue weighted by Crippen LogP contribution is 2.32. The predicted octanol–water partition coefficient (Wildman–Crippen LogP) is 1.89. The lowest BCUT2D eigenvalue weighted by Crippen LogP contribution is -2.41. The second-order valence-corrected chi connectivity index (χ2v) is 7.72. The van der Waals surface area contributed by atoms with Crippen LogP contribution in [0.2, 0.25) is 0 Å². The lowest BCUT2D eigenvalue weighted by Gasteiger charge is -2.33. The Morgan fingerprint density at radius 3 is 2.55 bits per heavy atom. The van der Waals surface area contributed by atoms with Crippen LogP contribution in [0.1, 0.15) is 19.4 Å². The Bertz CT molecular complexity index is 1160. The van der Waals surface area contributed by atoms with Crippen molar-refractivity contribution in [1.29, 1.82) is 0 Å². The fourth-order valence-electron chi connectivity index (χ4n) is 4.01. The summed E-state index contributed by atoms with van der Waals surface area (Å²) in [6.07, 6.45) is 0.984. The Balaban J connectivity index is 1.93. The fourth-order valence-corrected chi connectivity index (χ4v) is 4.01. The van der Waals surface area contributed by atoms with Crippen molar-refractivity contribution in [2.45, 2.75) is 33.4 Å². The maximum Gasteiger partial charge on any atom is 0.332 e. The minimum atomic E-state index is -0.373. The van der Waals surface area contributed by atoms with Gasteiger partial charge in [0, 0.05) is 32.9 Å². The van der Waals surface area contributed by atoms with Crippen molar-refractivity contribution >= 4 is 22.8 Å². The number of ether oxygens (including phenoxy) is 1. The first-order valence-corrected chi connectivity index (χ1v) is 10.0. The number of fused-ring (bicyclic) bond motifs is 3. The van der Waals surface area contributed by atoms with Gasteiger partial charge in [0.05, 0.1) is 13.2 Å². The van der Waals surface area contributed by atoms with Gasteiger partial charge in [-0.25, -0.2) is 4.79 Å².